The van der Waals surface area contributed by atoms with Gasteiger partial charge in [0.15, 0.2) is 11.0 Å². The van der Waals surface area contributed by atoms with Gasteiger partial charge in [-0.05, 0) is 24.6 Å². The van der Waals surface area contributed by atoms with Gasteiger partial charge in [-0.15, -0.1) is 0 Å². The summed E-state index contributed by atoms with van der Waals surface area (Å²) in [6.45, 7) is 1.86. The number of fused-ring (bicyclic) bond motifs is 3. The fourth-order valence-electron chi connectivity index (χ4n) is 3.58. The van der Waals surface area contributed by atoms with Gasteiger partial charge in [0.2, 0.25) is 5.91 Å². The van der Waals surface area contributed by atoms with E-state index in [4.69, 9.17) is 4.99 Å². The molecule has 0 saturated carbocycles. The molecule has 0 saturated heterocycles. The highest BCUT2D eigenvalue weighted by molar-refractivity contribution is 8.14. The summed E-state index contributed by atoms with van der Waals surface area (Å²) in [5.74, 6) is 0.697. The van der Waals surface area contributed by atoms with E-state index in [1.165, 1.54) is 11.8 Å². The number of aromatic nitrogens is 2. The Bertz CT molecular complexity index is 1230. The number of thioether (sulfide) groups is 1. The lowest BCUT2D eigenvalue weighted by Gasteiger charge is -2.31. The molecule has 8 nitrogen and oxygen atoms in total. The molecule has 2 aliphatic heterocycles. The first kappa shape index (κ1) is 19.3. The molecule has 0 bridgehead atoms. The van der Waals surface area contributed by atoms with E-state index < -0.39 is 6.04 Å². The number of aryl methyl sites for hydroxylation is 1. The van der Waals surface area contributed by atoms with Crippen molar-refractivity contribution in [3.8, 4) is 0 Å². The van der Waals surface area contributed by atoms with Crippen LogP contribution in [0.3, 0.4) is 0 Å². The molecule has 0 aliphatic carbocycles. The molecule has 9 heteroatoms. The second kappa shape index (κ2) is 7.84. The third-order valence-corrected chi connectivity index (χ3v) is 5.88. The summed E-state index contributed by atoms with van der Waals surface area (Å²) in [6.07, 6.45) is 0. The van der Waals surface area contributed by atoms with Crippen LogP contribution in [0.25, 0.3) is 0 Å². The minimum absolute atomic E-state index is 0.117. The number of rotatable bonds is 4. The monoisotopic (exact) mass is 430 g/mol. The zero-order chi connectivity index (χ0) is 21.4. The van der Waals surface area contributed by atoms with Gasteiger partial charge in [0.1, 0.15) is 11.9 Å². The zero-order valence-electron chi connectivity index (χ0n) is 16.6. The van der Waals surface area contributed by atoms with Crippen LogP contribution in [-0.2, 0) is 9.59 Å². The number of H-pyrrole nitrogens is 1. The molecule has 3 heterocycles. The van der Waals surface area contributed by atoms with Crippen molar-refractivity contribution in [1.29, 1.82) is 0 Å². The van der Waals surface area contributed by atoms with Gasteiger partial charge < -0.3 is 5.32 Å². The van der Waals surface area contributed by atoms with Crippen molar-refractivity contribution < 1.29 is 9.59 Å². The number of aromatic amines is 1. The highest BCUT2D eigenvalue weighted by Crippen LogP contribution is 2.39. The molecule has 5 rings (SSSR count). The summed E-state index contributed by atoms with van der Waals surface area (Å²) in [5.41, 5.74) is 3.22. The van der Waals surface area contributed by atoms with E-state index in [0.29, 0.717) is 16.8 Å². The number of benzene rings is 2. The summed E-state index contributed by atoms with van der Waals surface area (Å²) < 4.78 is 0. The molecule has 2 amide bonds. The Balaban J connectivity index is 1.44. The lowest BCUT2D eigenvalue weighted by atomic mass is 10.0. The highest BCUT2D eigenvalue weighted by Gasteiger charge is 2.42. The number of aliphatic imine (C=N–C) groups is 2. The van der Waals surface area contributed by atoms with Crippen LogP contribution in [0.1, 0.15) is 22.9 Å². The third kappa shape index (κ3) is 3.64. The summed E-state index contributed by atoms with van der Waals surface area (Å²) in [4.78, 5) is 36.3. The van der Waals surface area contributed by atoms with Gasteiger partial charge in [0, 0.05) is 17.3 Å². The van der Waals surface area contributed by atoms with Gasteiger partial charge in [-0.1, -0.05) is 54.2 Å². The first-order chi connectivity index (χ1) is 15.1. The molecule has 1 aromatic heterocycles. The number of para-hydroxylation sites is 1. The second-order valence-corrected chi connectivity index (χ2v) is 8.08. The predicted octanol–water partition coefficient (Wildman–Crippen LogP) is 3.42. The van der Waals surface area contributed by atoms with Gasteiger partial charge in [-0.2, -0.15) is 10.1 Å². The lowest BCUT2D eigenvalue weighted by molar-refractivity contribution is -0.119. The number of amides is 2. The Kier molecular flexibility index (Phi) is 4.87. The quantitative estimate of drug-likeness (QED) is 0.660. The van der Waals surface area contributed by atoms with Gasteiger partial charge >= 0.3 is 0 Å². The molecule has 3 aromatic rings. The maximum atomic E-state index is 12.9. The number of hydrogen-bond acceptors (Lipinski definition) is 6. The molecule has 0 spiro atoms. The van der Waals surface area contributed by atoms with E-state index in [1.807, 2.05) is 66.4 Å². The summed E-state index contributed by atoms with van der Waals surface area (Å²) in [5, 5.41) is 10.1. The number of hydrogen-bond donors (Lipinski definition) is 2. The standard InChI is InChI=1S/C22H18N6O2S/c1-13-11-17(27-26-13)24-18(29)12-31-22-23-16-10-6-5-9-15(16)20-25-21(30)19(28(20)22)14-7-3-2-4-8-14/h2-11,19H,12H2,1H3,(H2,24,26,27,29). The van der Waals surface area contributed by atoms with Crippen molar-refractivity contribution in [3.05, 3.63) is 77.5 Å². The zero-order valence-corrected chi connectivity index (χ0v) is 17.4. The number of carbonyl (C=O) groups is 2. The fraction of sp³-hybridized carbons (Fsp3) is 0.136. The van der Waals surface area contributed by atoms with Crippen molar-refractivity contribution in [2.24, 2.45) is 9.98 Å². The average molecular weight is 430 g/mol. The Morgan fingerprint density at radius 3 is 2.68 bits per heavy atom. The average Bonchev–Trinajstić information content (AvgIpc) is 3.35. The van der Waals surface area contributed by atoms with Crippen LogP contribution in [0.5, 0.6) is 0 Å². The van der Waals surface area contributed by atoms with E-state index in [9.17, 15) is 9.59 Å². The van der Waals surface area contributed by atoms with Gasteiger partial charge in [0.05, 0.1) is 11.4 Å². The van der Waals surface area contributed by atoms with E-state index in [0.717, 1.165) is 22.5 Å². The van der Waals surface area contributed by atoms with Crippen molar-refractivity contribution >= 4 is 46.1 Å². The van der Waals surface area contributed by atoms with Crippen LogP contribution in [0.4, 0.5) is 11.5 Å². The molecular formula is C22H18N6O2S. The first-order valence-corrected chi connectivity index (χ1v) is 10.7. The Labute approximate surface area is 182 Å². The predicted molar refractivity (Wildman–Crippen MR) is 121 cm³/mol. The number of amidine groups is 2. The van der Waals surface area contributed by atoms with Crippen LogP contribution < -0.4 is 5.32 Å². The lowest BCUT2D eigenvalue weighted by Crippen LogP contribution is -2.39. The van der Waals surface area contributed by atoms with E-state index >= 15 is 0 Å². The molecule has 154 valence electrons. The minimum atomic E-state index is -0.604. The SMILES string of the molecule is Cc1cc(NC(=O)CSC2=Nc3ccccc3C3=NC(=O)C(c4ccccc4)N23)n[nH]1. The molecule has 1 unspecified atom stereocenters. The highest BCUT2D eigenvalue weighted by atomic mass is 32.2. The Hall–Kier alpha value is -3.72. The van der Waals surface area contributed by atoms with Crippen LogP contribution in [0.2, 0.25) is 0 Å². The molecule has 2 aliphatic rings. The van der Waals surface area contributed by atoms with Crippen molar-refractivity contribution in [1.82, 2.24) is 15.1 Å². The van der Waals surface area contributed by atoms with E-state index in [-0.39, 0.29) is 17.6 Å². The molecule has 1 atom stereocenters. The van der Waals surface area contributed by atoms with E-state index in [1.54, 1.807) is 6.07 Å². The maximum absolute atomic E-state index is 12.9. The maximum Gasteiger partial charge on any atom is 0.275 e. The molecule has 0 radical (unpaired) electrons. The molecular weight excluding hydrogens is 412 g/mol. The number of nitrogens with zero attached hydrogens (tertiary/aromatic N) is 4. The van der Waals surface area contributed by atoms with Crippen molar-refractivity contribution in [2.45, 2.75) is 13.0 Å². The first-order valence-electron chi connectivity index (χ1n) is 9.69. The van der Waals surface area contributed by atoms with Crippen LogP contribution in [0.15, 0.2) is 70.6 Å². The van der Waals surface area contributed by atoms with Crippen molar-refractivity contribution in [3.63, 3.8) is 0 Å². The molecule has 0 fully saturated rings. The molecule has 2 N–H and O–H groups in total. The van der Waals surface area contributed by atoms with Gasteiger partial charge in [-0.25, -0.2) is 4.99 Å². The molecule has 31 heavy (non-hydrogen) atoms. The topological polar surface area (TPSA) is 103 Å². The number of anilines is 1. The Morgan fingerprint density at radius 1 is 1.13 bits per heavy atom. The normalized spacial score (nSPS) is 17.0. The smallest absolute Gasteiger partial charge is 0.275 e. The Morgan fingerprint density at radius 2 is 1.90 bits per heavy atom. The van der Waals surface area contributed by atoms with Gasteiger partial charge in [0.25, 0.3) is 5.91 Å². The fourth-order valence-corrected chi connectivity index (χ4v) is 4.41. The second-order valence-electron chi connectivity index (χ2n) is 7.14. The minimum Gasteiger partial charge on any atom is -0.308 e. The largest absolute Gasteiger partial charge is 0.308 e. The van der Waals surface area contributed by atoms with Crippen LogP contribution >= 0.6 is 11.8 Å². The summed E-state index contributed by atoms with van der Waals surface area (Å²) >= 11 is 1.26. The van der Waals surface area contributed by atoms with Crippen LogP contribution in [-0.4, -0.2) is 43.7 Å². The van der Waals surface area contributed by atoms with Crippen LogP contribution in [0, 0.1) is 6.92 Å². The van der Waals surface area contributed by atoms with Crippen molar-refractivity contribution in [2.75, 3.05) is 11.1 Å². The summed E-state index contributed by atoms with van der Waals surface area (Å²) in [6, 6.07) is 18.2. The van der Waals surface area contributed by atoms with E-state index in [2.05, 4.69) is 20.5 Å². The van der Waals surface area contributed by atoms with Gasteiger partial charge in [-0.3, -0.25) is 19.6 Å². The number of nitrogens with one attached hydrogen (secondary N) is 2. The third-order valence-electron chi connectivity index (χ3n) is 4.92. The number of carbonyl (C=O) groups excluding carboxylic acids is 2. The molecule has 2 aromatic carbocycles. The summed E-state index contributed by atoms with van der Waals surface area (Å²) in [7, 11) is 0.